The van der Waals surface area contributed by atoms with Gasteiger partial charge in [0.15, 0.2) is 0 Å². The number of carbonyl (C=O) groups is 1. The van der Waals surface area contributed by atoms with Gasteiger partial charge in [-0.1, -0.05) is 6.07 Å². The van der Waals surface area contributed by atoms with Gasteiger partial charge in [-0.05, 0) is 50.0 Å². The number of nitrogens with one attached hydrogen (secondary N) is 2. The molecule has 2 N–H and O–H groups in total. The SMILES string of the molecule is CC(Cc1cccs1)NC(=O)CC1CC2CCC(C1)N2.Cl. The molecule has 0 spiro atoms. The highest BCUT2D eigenvalue weighted by molar-refractivity contribution is 7.09. The zero-order valence-electron chi connectivity index (χ0n) is 12.5. The molecule has 2 aliphatic heterocycles. The molecule has 3 heterocycles. The van der Waals surface area contributed by atoms with Crippen molar-refractivity contribution in [2.45, 2.75) is 63.6 Å². The van der Waals surface area contributed by atoms with Gasteiger partial charge in [0.25, 0.3) is 0 Å². The van der Waals surface area contributed by atoms with Crippen molar-refractivity contribution in [2.75, 3.05) is 0 Å². The van der Waals surface area contributed by atoms with E-state index in [0.717, 1.165) is 6.42 Å². The molecular weight excluding hydrogens is 304 g/mol. The highest BCUT2D eigenvalue weighted by Crippen LogP contribution is 2.32. The van der Waals surface area contributed by atoms with Crippen LogP contribution in [0.1, 0.15) is 43.9 Å². The first-order valence-corrected chi connectivity index (χ1v) is 8.65. The molecule has 3 unspecified atom stereocenters. The average Bonchev–Trinajstić information content (AvgIpc) is 2.99. The third-order valence-electron chi connectivity index (χ3n) is 4.54. The summed E-state index contributed by atoms with van der Waals surface area (Å²) in [5, 5.41) is 8.89. The predicted molar refractivity (Wildman–Crippen MR) is 90.2 cm³/mol. The first kappa shape index (κ1) is 16.8. The summed E-state index contributed by atoms with van der Waals surface area (Å²) in [6.07, 6.45) is 6.63. The standard InChI is InChI=1S/C16H24N2OS.ClH/c1-11(7-15-3-2-6-20-15)17-16(19)10-12-8-13-4-5-14(9-12)18-13;/h2-3,6,11-14,18H,4-5,7-10H2,1H3,(H,17,19);1H. The Morgan fingerprint density at radius 2 is 2.14 bits per heavy atom. The lowest BCUT2D eigenvalue weighted by Crippen LogP contribution is -2.41. The van der Waals surface area contributed by atoms with Crippen molar-refractivity contribution >= 4 is 29.7 Å². The fraction of sp³-hybridized carbons (Fsp3) is 0.688. The number of rotatable bonds is 5. The number of fused-ring (bicyclic) bond motifs is 2. The Kier molecular flexibility index (Phi) is 6.08. The van der Waals surface area contributed by atoms with Crippen LogP contribution in [0.2, 0.25) is 0 Å². The van der Waals surface area contributed by atoms with E-state index in [-0.39, 0.29) is 24.4 Å². The quantitative estimate of drug-likeness (QED) is 0.872. The number of hydrogen-bond donors (Lipinski definition) is 2. The van der Waals surface area contributed by atoms with Crippen LogP contribution < -0.4 is 10.6 Å². The number of thiophene rings is 1. The lowest BCUT2D eigenvalue weighted by Gasteiger charge is -2.29. The fourth-order valence-electron chi connectivity index (χ4n) is 3.72. The Hall–Kier alpha value is -0.580. The molecule has 118 valence electrons. The smallest absolute Gasteiger partial charge is 0.220 e. The minimum absolute atomic E-state index is 0. The molecule has 0 aliphatic carbocycles. The molecule has 0 saturated carbocycles. The maximum Gasteiger partial charge on any atom is 0.220 e. The molecule has 2 saturated heterocycles. The van der Waals surface area contributed by atoms with E-state index in [1.165, 1.54) is 30.6 Å². The Bertz CT molecular complexity index is 439. The Morgan fingerprint density at radius 3 is 2.76 bits per heavy atom. The summed E-state index contributed by atoms with van der Waals surface area (Å²) in [7, 11) is 0. The van der Waals surface area contributed by atoms with Crippen LogP contribution in [0.15, 0.2) is 17.5 Å². The molecule has 2 fully saturated rings. The molecular formula is C16H25ClN2OS. The molecule has 1 amide bonds. The van der Waals surface area contributed by atoms with Crippen molar-refractivity contribution in [1.29, 1.82) is 0 Å². The van der Waals surface area contributed by atoms with E-state index >= 15 is 0 Å². The second-order valence-electron chi connectivity index (χ2n) is 6.43. The summed E-state index contributed by atoms with van der Waals surface area (Å²) in [6.45, 7) is 2.10. The summed E-state index contributed by atoms with van der Waals surface area (Å²) in [4.78, 5) is 13.5. The molecule has 0 aromatic carbocycles. The average molecular weight is 329 g/mol. The molecule has 3 rings (SSSR count). The fourth-order valence-corrected chi connectivity index (χ4v) is 4.55. The topological polar surface area (TPSA) is 41.1 Å². The van der Waals surface area contributed by atoms with Crippen LogP contribution in [0.5, 0.6) is 0 Å². The molecule has 0 radical (unpaired) electrons. The lowest BCUT2D eigenvalue weighted by atomic mass is 9.89. The number of carbonyl (C=O) groups excluding carboxylic acids is 1. The lowest BCUT2D eigenvalue weighted by molar-refractivity contribution is -0.122. The molecule has 3 nitrogen and oxygen atoms in total. The van der Waals surface area contributed by atoms with Gasteiger partial charge in [-0.3, -0.25) is 4.79 Å². The largest absolute Gasteiger partial charge is 0.353 e. The van der Waals surface area contributed by atoms with Crippen LogP contribution in [0.4, 0.5) is 0 Å². The molecule has 1 aromatic heterocycles. The van der Waals surface area contributed by atoms with Crippen molar-refractivity contribution in [2.24, 2.45) is 5.92 Å². The molecule has 2 aliphatic rings. The van der Waals surface area contributed by atoms with E-state index in [1.807, 2.05) is 0 Å². The zero-order chi connectivity index (χ0) is 13.9. The van der Waals surface area contributed by atoms with Crippen LogP contribution in [-0.4, -0.2) is 24.0 Å². The van der Waals surface area contributed by atoms with Gasteiger partial charge in [0.2, 0.25) is 5.91 Å². The van der Waals surface area contributed by atoms with E-state index in [2.05, 4.69) is 35.1 Å². The number of hydrogen-bond acceptors (Lipinski definition) is 3. The van der Waals surface area contributed by atoms with E-state index < -0.39 is 0 Å². The summed E-state index contributed by atoms with van der Waals surface area (Å²) < 4.78 is 0. The summed E-state index contributed by atoms with van der Waals surface area (Å²) in [5.74, 6) is 0.822. The number of halogens is 1. The van der Waals surface area contributed by atoms with Crippen LogP contribution in [-0.2, 0) is 11.2 Å². The second kappa shape index (κ2) is 7.61. The van der Waals surface area contributed by atoms with Gasteiger partial charge < -0.3 is 10.6 Å². The Balaban J connectivity index is 0.00000161. The highest BCUT2D eigenvalue weighted by Gasteiger charge is 2.34. The van der Waals surface area contributed by atoms with Crippen molar-refractivity contribution in [3.05, 3.63) is 22.4 Å². The van der Waals surface area contributed by atoms with Gasteiger partial charge in [-0.25, -0.2) is 0 Å². The van der Waals surface area contributed by atoms with E-state index in [4.69, 9.17) is 0 Å². The zero-order valence-corrected chi connectivity index (χ0v) is 14.1. The minimum Gasteiger partial charge on any atom is -0.353 e. The second-order valence-corrected chi connectivity index (χ2v) is 7.46. The van der Waals surface area contributed by atoms with Crippen molar-refractivity contribution < 1.29 is 4.79 Å². The highest BCUT2D eigenvalue weighted by atomic mass is 35.5. The maximum atomic E-state index is 12.2. The summed E-state index contributed by atoms with van der Waals surface area (Å²) >= 11 is 1.76. The van der Waals surface area contributed by atoms with Crippen molar-refractivity contribution in [3.8, 4) is 0 Å². The van der Waals surface area contributed by atoms with Gasteiger partial charge in [0, 0.05) is 35.8 Å². The first-order valence-electron chi connectivity index (χ1n) is 7.77. The third-order valence-corrected chi connectivity index (χ3v) is 5.44. The normalized spacial score (nSPS) is 28.7. The van der Waals surface area contributed by atoms with E-state index in [9.17, 15) is 4.79 Å². The minimum atomic E-state index is 0. The van der Waals surface area contributed by atoms with Crippen molar-refractivity contribution in [3.63, 3.8) is 0 Å². The van der Waals surface area contributed by atoms with E-state index in [1.54, 1.807) is 11.3 Å². The first-order chi connectivity index (χ1) is 9.69. The van der Waals surface area contributed by atoms with Gasteiger partial charge in [0.1, 0.15) is 0 Å². The molecule has 2 bridgehead atoms. The molecule has 5 heteroatoms. The van der Waals surface area contributed by atoms with Gasteiger partial charge >= 0.3 is 0 Å². The monoisotopic (exact) mass is 328 g/mol. The Labute approximate surface area is 137 Å². The van der Waals surface area contributed by atoms with Gasteiger partial charge in [0.05, 0.1) is 0 Å². The Morgan fingerprint density at radius 1 is 1.43 bits per heavy atom. The predicted octanol–water partition coefficient (Wildman–Crippen LogP) is 3.14. The number of piperidine rings is 1. The number of amides is 1. The summed E-state index contributed by atoms with van der Waals surface area (Å²) in [5.41, 5.74) is 0. The van der Waals surface area contributed by atoms with Crippen LogP contribution in [0.3, 0.4) is 0 Å². The van der Waals surface area contributed by atoms with Gasteiger partial charge in [-0.15, -0.1) is 23.7 Å². The van der Waals surface area contributed by atoms with Crippen LogP contribution >= 0.6 is 23.7 Å². The third kappa shape index (κ3) is 4.70. The van der Waals surface area contributed by atoms with Crippen molar-refractivity contribution in [1.82, 2.24) is 10.6 Å². The molecule has 3 atom stereocenters. The van der Waals surface area contributed by atoms with E-state index in [0.29, 0.717) is 24.4 Å². The van der Waals surface area contributed by atoms with Gasteiger partial charge in [-0.2, -0.15) is 0 Å². The summed E-state index contributed by atoms with van der Waals surface area (Å²) in [6, 6.07) is 5.79. The van der Waals surface area contributed by atoms with Crippen LogP contribution in [0.25, 0.3) is 0 Å². The molecule has 21 heavy (non-hydrogen) atoms. The maximum absolute atomic E-state index is 12.2. The van der Waals surface area contributed by atoms with Crippen LogP contribution in [0, 0.1) is 5.92 Å². The molecule has 1 aromatic rings.